The Kier molecular flexibility index (Phi) is 4.16. The van der Waals surface area contributed by atoms with Gasteiger partial charge in [0.05, 0.1) is 0 Å². The topological polar surface area (TPSA) is 66.0 Å². The van der Waals surface area contributed by atoms with Crippen molar-refractivity contribution in [2.75, 3.05) is 0 Å². The van der Waals surface area contributed by atoms with Gasteiger partial charge in [0.1, 0.15) is 18.7 Å². The number of nitrogens with two attached hydrogens (primary N) is 1. The van der Waals surface area contributed by atoms with Crippen molar-refractivity contribution in [3.8, 4) is 5.75 Å². The van der Waals surface area contributed by atoms with E-state index in [2.05, 4.69) is 23.9 Å². The number of hydrogen-bond acceptors (Lipinski definition) is 4. The van der Waals surface area contributed by atoms with Crippen LogP contribution in [0.15, 0.2) is 30.6 Å². The maximum absolute atomic E-state index is 5.86. The molecule has 1 atom stereocenters. The minimum Gasteiger partial charge on any atom is -0.486 e. The Hall–Kier alpha value is -1.88. The van der Waals surface area contributed by atoms with Crippen LogP contribution in [0.1, 0.15) is 44.2 Å². The van der Waals surface area contributed by atoms with Gasteiger partial charge in [0.2, 0.25) is 0 Å². The lowest BCUT2D eigenvalue weighted by molar-refractivity contribution is 0.282. The lowest BCUT2D eigenvalue weighted by Gasteiger charge is -2.12. The minimum atomic E-state index is 0.00265. The van der Waals surface area contributed by atoms with Crippen molar-refractivity contribution < 1.29 is 4.74 Å². The van der Waals surface area contributed by atoms with E-state index in [9.17, 15) is 0 Å². The van der Waals surface area contributed by atoms with Gasteiger partial charge >= 0.3 is 0 Å². The van der Waals surface area contributed by atoms with Gasteiger partial charge in [0.15, 0.2) is 5.82 Å². The molecule has 5 nitrogen and oxygen atoms in total. The standard InChI is InChI=1S/C14H20N4O/c1-10(2)18-14(16-9-17-18)8-19-13-6-4-5-12(7-13)11(3)15/h4-7,9-11H,8,15H2,1-3H3. The number of aromatic nitrogens is 3. The van der Waals surface area contributed by atoms with Crippen LogP contribution in [-0.2, 0) is 6.61 Å². The van der Waals surface area contributed by atoms with Crippen LogP contribution in [0.25, 0.3) is 0 Å². The summed E-state index contributed by atoms with van der Waals surface area (Å²) in [5, 5.41) is 4.18. The molecular formula is C14H20N4O. The van der Waals surface area contributed by atoms with E-state index in [0.29, 0.717) is 6.61 Å². The van der Waals surface area contributed by atoms with E-state index < -0.39 is 0 Å². The molecule has 0 radical (unpaired) electrons. The van der Waals surface area contributed by atoms with Gasteiger partial charge in [-0.2, -0.15) is 5.10 Å². The third-order valence-corrected chi connectivity index (χ3v) is 2.89. The summed E-state index contributed by atoms with van der Waals surface area (Å²) >= 11 is 0. The highest BCUT2D eigenvalue weighted by molar-refractivity contribution is 5.30. The third kappa shape index (κ3) is 3.32. The van der Waals surface area contributed by atoms with Gasteiger partial charge in [-0.15, -0.1) is 0 Å². The normalized spacial score (nSPS) is 12.7. The first-order valence-electron chi connectivity index (χ1n) is 6.44. The van der Waals surface area contributed by atoms with Gasteiger partial charge in [-0.25, -0.2) is 9.67 Å². The fourth-order valence-corrected chi connectivity index (χ4v) is 1.84. The molecule has 0 fully saturated rings. The van der Waals surface area contributed by atoms with E-state index in [1.54, 1.807) is 6.33 Å². The van der Waals surface area contributed by atoms with Gasteiger partial charge in [-0.1, -0.05) is 12.1 Å². The summed E-state index contributed by atoms with van der Waals surface area (Å²) in [7, 11) is 0. The first-order chi connectivity index (χ1) is 9.08. The summed E-state index contributed by atoms with van der Waals surface area (Å²) in [6.07, 6.45) is 1.55. The zero-order valence-electron chi connectivity index (χ0n) is 11.6. The number of ether oxygens (including phenoxy) is 1. The average molecular weight is 260 g/mol. The van der Waals surface area contributed by atoms with Crippen molar-refractivity contribution in [3.05, 3.63) is 42.0 Å². The highest BCUT2D eigenvalue weighted by Gasteiger charge is 2.08. The van der Waals surface area contributed by atoms with Crippen LogP contribution in [-0.4, -0.2) is 14.8 Å². The fourth-order valence-electron chi connectivity index (χ4n) is 1.84. The Balaban J connectivity index is 2.06. The lowest BCUT2D eigenvalue weighted by atomic mass is 10.1. The largest absolute Gasteiger partial charge is 0.486 e. The van der Waals surface area contributed by atoms with Gasteiger partial charge in [-0.3, -0.25) is 0 Å². The molecule has 0 bridgehead atoms. The molecule has 1 aromatic heterocycles. The maximum Gasteiger partial charge on any atom is 0.165 e. The second-order valence-electron chi connectivity index (χ2n) is 4.86. The number of benzene rings is 1. The molecular weight excluding hydrogens is 240 g/mol. The predicted molar refractivity (Wildman–Crippen MR) is 73.8 cm³/mol. The SMILES string of the molecule is CC(N)c1cccc(OCc2ncnn2C(C)C)c1. The monoisotopic (exact) mass is 260 g/mol. The van der Waals surface area contributed by atoms with Crippen molar-refractivity contribution in [2.24, 2.45) is 5.73 Å². The van der Waals surface area contributed by atoms with E-state index >= 15 is 0 Å². The zero-order valence-corrected chi connectivity index (χ0v) is 11.6. The highest BCUT2D eigenvalue weighted by Crippen LogP contribution is 2.18. The van der Waals surface area contributed by atoms with Crippen LogP contribution in [0.4, 0.5) is 0 Å². The van der Waals surface area contributed by atoms with E-state index in [4.69, 9.17) is 10.5 Å². The van der Waals surface area contributed by atoms with Crippen molar-refractivity contribution in [1.29, 1.82) is 0 Å². The molecule has 0 aliphatic rings. The highest BCUT2D eigenvalue weighted by atomic mass is 16.5. The first-order valence-corrected chi connectivity index (χ1v) is 6.44. The van der Waals surface area contributed by atoms with Gasteiger partial charge in [-0.05, 0) is 38.5 Å². The van der Waals surface area contributed by atoms with Crippen LogP contribution in [0.5, 0.6) is 5.75 Å². The summed E-state index contributed by atoms with van der Waals surface area (Å²) in [4.78, 5) is 4.21. The number of nitrogens with zero attached hydrogens (tertiary/aromatic N) is 3. The molecule has 0 saturated carbocycles. The Bertz CT molecular complexity index is 534. The molecule has 0 aliphatic carbocycles. The Morgan fingerprint density at radius 3 is 2.79 bits per heavy atom. The quantitative estimate of drug-likeness (QED) is 0.896. The molecule has 1 unspecified atom stereocenters. The molecule has 0 aliphatic heterocycles. The Labute approximate surface area is 113 Å². The van der Waals surface area contributed by atoms with E-state index in [0.717, 1.165) is 17.1 Å². The van der Waals surface area contributed by atoms with Crippen LogP contribution in [0.2, 0.25) is 0 Å². The van der Waals surface area contributed by atoms with E-state index in [-0.39, 0.29) is 12.1 Å². The summed E-state index contributed by atoms with van der Waals surface area (Å²) in [6, 6.07) is 8.09. The second kappa shape index (κ2) is 5.84. The summed E-state index contributed by atoms with van der Waals surface area (Å²) < 4.78 is 7.61. The Morgan fingerprint density at radius 1 is 1.32 bits per heavy atom. The van der Waals surface area contributed by atoms with Gasteiger partial charge < -0.3 is 10.5 Å². The van der Waals surface area contributed by atoms with Crippen molar-refractivity contribution in [3.63, 3.8) is 0 Å². The maximum atomic E-state index is 5.86. The molecule has 2 rings (SSSR count). The molecule has 0 spiro atoms. The molecule has 1 heterocycles. The van der Waals surface area contributed by atoms with E-state index in [1.165, 1.54) is 0 Å². The average Bonchev–Trinajstić information content (AvgIpc) is 2.85. The van der Waals surface area contributed by atoms with Crippen molar-refractivity contribution >= 4 is 0 Å². The minimum absolute atomic E-state index is 0.00265. The summed E-state index contributed by atoms with van der Waals surface area (Å²) in [5.74, 6) is 1.62. The third-order valence-electron chi connectivity index (χ3n) is 2.89. The molecule has 1 aromatic carbocycles. The van der Waals surface area contributed by atoms with Crippen LogP contribution >= 0.6 is 0 Å². The Morgan fingerprint density at radius 2 is 2.11 bits per heavy atom. The first kappa shape index (κ1) is 13.5. The molecule has 5 heteroatoms. The molecule has 0 amide bonds. The molecule has 2 aromatic rings. The van der Waals surface area contributed by atoms with Gasteiger partial charge in [0.25, 0.3) is 0 Å². The summed E-state index contributed by atoms with van der Waals surface area (Å²) in [6.45, 7) is 6.49. The number of hydrogen-bond donors (Lipinski definition) is 1. The lowest BCUT2D eigenvalue weighted by Crippen LogP contribution is -2.11. The van der Waals surface area contributed by atoms with Crippen molar-refractivity contribution in [1.82, 2.24) is 14.8 Å². The smallest absolute Gasteiger partial charge is 0.165 e. The molecule has 19 heavy (non-hydrogen) atoms. The molecule has 2 N–H and O–H groups in total. The van der Waals surface area contributed by atoms with E-state index in [1.807, 2.05) is 35.9 Å². The van der Waals surface area contributed by atoms with Gasteiger partial charge in [0, 0.05) is 12.1 Å². The molecule has 102 valence electrons. The fraction of sp³-hybridized carbons (Fsp3) is 0.429. The zero-order chi connectivity index (χ0) is 13.8. The summed E-state index contributed by atoms with van der Waals surface area (Å²) in [5.41, 5.74) is 6.91. The van der Waals surface area contributed by atoms with Crippen LogP contribution < -0.4 is 10.5 Å². The van der Waals surface area contributed by atoms with Crippen molar-refractivity contribution in [2.45, 2.75) is 39.5 Å². The number of rotatable bonds is 5. The predicted octanol–water partition coefficient (Wildman–Crippen LogP) is 2.46. The van der Waals surface area contributed by atoms with Crippen LogP contribution in [0, 0.1) is 0 Å². The van der Waals surface area contributed by atoms with Crippen LogP contribution in [0.3, 0.4) is 0 Å². The molecule has 0 saturated heterocycles. The second-order valence-corrected chi connectivity index (χ2v) is 4.86.